The van der Waals surface area contributed by atoms with Gasteiger partial charge in [0.2, 0.25) is 0 Å². The molecule has 3 heterocycles. The number of nitrogens with one attached hydrogen (secondary N) is 1. The molecular weight excluding hydrogens is 166 g/mol. The van der Waals surface area contributed by atoms with Gasteiger partial charge in [-0.2, -0.15) is 9.61 Å². The van der Waals surface area contributed by atoms with Crippen molar-refractivity contribution in [3.05, 3.63) is 24.2 Å². The Balaban J connectivity index is 2.17. The molecule has 0 saturated carbocycles. The molecule has 0 amide bonds. The second-order valence-corrected chi connectivity index (χ2v) is 3.21. The first-order valence-corrected chi connectivity index (χ1v) is 4.32. The number of fused-ring (bicyclic) bond motifs is 1. The largest absolute Gasteiger partial charge is 0.315 e. The van der Waals surface area contributed by atoms with Gasteiger partial charge in [-0.3, -0.25) is 0 Å². The molecule has 66 valence electrons. The van der Waals surface area contributed by atoms with Crippen LogP contribution in [-0.4, -0.2) is 32.9 Å². The first-order valence-electron chi connectivity index (χ1n) is 4.32. The lowest BCUT2D eigenvalue weighted by molar-refractivity contribution is 0.423. The highest BCUT2D eigenvalue weighted by Crippen LogP contribution is 2.16. The molecule has 3 rings (SSSR count). The van der Waals surface area contributed by atoms with Gasteiger partial charge in [0.1, 0.15) is 0 Å². The molecule has 0 unspecified atom stereocenters. The van der Waals surface area contributed by atoms with Crippen molar-refractivity contribution in [3.8, 4) is 0 Å². The van der Waals surface area contributed by atoms with Crippen LogP contribution in [0.1, 0.15) is 11.7 Å². The third kappa shape index (κ3) is 0.936. The van der Waals surface area contributed by atoms with E-state index in [1.807, 2.05) is 16.6 Å². The van der Waals surface area contributed by atoms with Gasteiger partial charge in [0.25, 0.3) is 0 Å². The van der Waals surface area contributed by atoms with E-state index in [1.165, 1.54) is 0 Å². The topological polar surface area (TPSA) is 55.1 Å². The maximum atomic E-state index is 4.21. The van der Waals surface area contributed by atoms with E-state index in [9.17, 15) is 0 Å². The predicted octanol–water partition coefficient (Wildman–Crippen LogP) is -0.189. The summed E-state index contributed by atoms with van der Waals surface area (Å²) < 4.78 is 1.81. The van der Waals surface area contributed by atoms with Crippen LogP contribution in [0.25, 0.3) is 5.65 Å². The summed E-state index contributed by atoms with van der Waals surface area (Å²) in [7, 11) is 0. The molecule has 0 bridgehead atoms. The number of nitrogens with zero attached hydrogens (tertiary/aromatic N) is 4. The summed E-state index contributed by atoms with van der Waals surface area (Å²) in [5.41, 5.74) is 0.824. The Morgan fingerprint density at radius 1 is 1.38 bits per heavy atom. The Hall–Kier alpha value is -1.49. The summed E-state index contributed by atoms with van der Waals surface area (Å²) in [6.45, 7) is 1.97. The lowest BCUT2D eigenvalue weighted by Gasteiger charge is -2.24. The molecular formula is C8H9N5. The number of hydrogen-bond acceptors (Lipinski definition) is 4. The smallest absolute Gasteiger partial charge is 0.177 e. The standard InChI is InChI=1S/C8H9N5/c1-2-7-11-12-8(6-4-9-5-6)13(7)10-3-1/h1-3,6,9H,4-5H2. The van der Waals surface area contributed by atoms with Gasteiger partial charge in [-0.15, -0.1) is 10.2 Å². The molecule has 0 spiro atoms. The van der Waals surface area contributed by atoms with Crippen LogP contribution in [-0.2, 0) is 0 Å². The fourth-order valence-electron chi connectivity index (χ4n) is 1.49. The van der Waals surface area contributed by atoms with Crippen molar-refractivity contribution in [2.75, 3.05) is 13.1 Å². The molecule has 13 heavy (non-hydrogen) atoms. The highest BCUT2D eigenvalue weighted by atomic mass is 15.4. The average Bonchev–Trinajstić information content (AvgIpc) is 2.47. The van der Waals surface area contributed by atoms with Crippen LogP contribution >= 0.6 is 0 Å². The Morgan fingerprint density at radius 2 is 2.31 bits per heavy atom. The second-order valence-electron chi connectivity index (χ2n) is 3.21. The van der Waals surface area contributed by atoms with Crippen molar-refractivity contribution in [3.63, 3.8) is 0 Å². The van der Waals surface area contributed by atoms with Crippen LogP contribution in [0.4, 0.5) is 0 Å². The molecule has 1 aliphatic heterocycles. The zero-order valence-corrected chi connectivity index (χ0v) is 7.01. The Bertz CT molecular complexity index is 431. The van der Waals surface area contributed by atoms with Crippen LogP contribution in [0.3, 0.4) is 0 Å². The van der Waals surface area contributed by atoms with E-state index >= 15 is 0 Å². The van der Waals surface area contributed by atoms with Crippen molar-refractivity contribution in [1.29, 1.82) is 0 Å². The minimum absolute atomic E-state index is 0.477. The summed E-state index contributed by atoms with van der Waals surface area (Å²) >= 11 is 0. The van der Waals surface area contributed by atoms with Gasteiger partial charge >= 0.3 is 0 Å². The van der Waals surface area contributed by atoms with E-state index in [-0.39, 0.29) is 0 Å². The SMILES string of the molecule is c1cnn2c(C3CNC3)nnc2c1. The van der Waals surface area contributed by atoms with E-state index in [4.69, 9.17) is 0 Å². The maximum absolute atomic E-state index is 4.21. The molecule has 0 atom stereocenters. The lowest BCUT2D eigenvalue weighted by atomic mass is 10.0. The van der Waals surface area contributed by atoms with Crippen molar-refractivity contribution in [2.45, 2.75) is 5.92 Å². The van der Waals surface area contributed by atoms with E-state index in [1.54, 1.807) is 6.20 Å². The summed E-state index contributed by atoms with van der Waals surface area (Å²) in [5, 5.41) is 15.6. The molecule has 2 aromatic rings. The van der Waals surface area contributed by atoms with Crippen molar-refractivity contribution >= 4 is 5.65 Å². The minimum atomic E-state index is 0.477. The fraction of sp³-hybridized carbons (Fsp3) is 0.375. The quantitative estimate of drug-likeness (QED) is 0.652. The van der Waals surface area contributed by atoms with E-state index in [0.29, 0.717) is 5.92 Å². The van der Waals surface area contributed by atoms with Gasteiger partial charge in [-0.05, 0) is 12.1 Å². The molecule has 1 N–H and O–H groups in total. The number of rotatable bonds is 1. The monoisotopic (exact) mass is 175 g/mol. The Labute approximate surface area is 74.8 Å². The molecule has 1 aliphatic rings. The van der Waals surface area contributed by atoms with Crippen molar-refractivity contribution < 1.29 is 0 Å². The minimum Gasteiger partial charge on any atom is -0.315 e. The molecule has 0 radical (unpaired) electrons. The lowest BCUT2D eigenvalue weighted by Crippen LogP contribution is -2.41. The maximum Gasteiger partial charge on any atom is 0.177 e. The summed E-state index contributed by atoms with van der Waals surface area (Å²) in [6, 6.07) is 3.78. The molecule has 2 aromatic heterocycles. The van der Waals surface area contributed by atoms with Crippen LogP contribution in [0.5, 0.6) is 0 Å². The highest BCUT2D eigenvalue weighted by molar-refractivity contribution is 5.35. The van der Waals surface area contributed by atoms with Crippen molar-refractivity contribution in [2.24, 2.45) is 0 Å². The predicted molar refractivity (Wildman–Crippen MR) is 46.4 cm³/mol. The normalized spacial score (nSPS) is 17.5. The van der Waals surface area contributed by atoms with Crippen LogP contribution in [0.15, 0.2) is 18.3 Å². The number of hydrogen-bond donors (Lipinski definition) is 1. The highest BCUT2D eigenvalue weighted by Gasteiger charge is 2.24. The van der Waals surface area contributed by atoms with Crippen LogP contribution in [0.2, 0.25) is 0 Å². The van der Waals surface area contributed by atoms with E-state index in [2.05, 4.69) is 20.6 Å². The van der Waals surface area contributed by atoms with E-state index < -0.39 is 0 Å². The first kappa shape index (κ1) is 6.97. The van der Waals surface area contributed by atoms with Gasteiger partial charge in [-0.25, -0.2) is 0 Å². The van der Waals surface area contributed by atoms with Crippen LogP contribution in [0, 0.1) is 0 Å². The van der Waals surface area contributed by atoms with Gasteiger partial charge in [0.15, 0.2) is 11.5 Å². The second kappa shape index (κ2) is 2.50. The zero-order valence-electron chi connectivity index (χ0n) is 7.01. The Morgan fingerprint density at radius 3 is 3.08 bits per heavy atom. The molecule has 0 aromatic carbocycles. The summed E-state index contributed by atoms with van der Waals surface area (Å²) in [6.07, 6.45) is 1.76. The van der Waals surface area contributed by atoms with Gasteiger partial charge in [-0.1, -0.05) is 0 Å². The Kier molecular flexibility index (Phi) is 1.34. The summed E-state index contributed by atoms with van der Waals surface area (Å²) in [5.74, 6) is 1.44. The summed E-state index contributed by atoms with van der Waals surface area (Å²) in [4.78, 5) is 0. The molecule has 1 fully saturated rings. The molecule has 1 saturated heterocycles. The van der Waals surface area contributed by atoms with Gasteiger partial charge in [0.05, 0.1) is 0 Å². The fourth-order valence-corrected chi connectivity index (χ4v) is 1.49. The van der Waals surface area contributed by atoms with E-state index in [0.717, 1.165) is 24.6 Å². The van der Waals surface area contributed by atoms with Crippen molar-refractivity contribution in [1.82, 2.24) is 25.1 Å². The zero-order chi connectivity index (χ0) is 8.67. The van der Waals surface area contributed by atoms with Gasteiger partial charge in [0, 0.05) is 25.2 Å². The number of aromatic nitrogens is 4. The molecule has 5 heteroatoms. The molecule has 5 nitrogen and oxygen atoms in total. The van der Waals surface area contributed by atoms with Gasteiger partial charge < -0.3 is 5.32 Å². The third-order valence-corrected chi connectivity index (χ3v) is 2.35. The van der Waals surface area contributed by atoms with Crippen LogP contribution < -0.4 is 5.32 Å². The third-order valence-electron chi connectivity index (χ3n) is 2.35. The molecule has 0 aliphatic carbocycles. The first-order chi connectivity index (χ1) is 6.45. The average molecular weight is 175 g/mol.